The summed E-state index contributed by atoms with van der Waals surface area (Å²) in [5, 5.41) is 9.98. The van der Waals surface area contributed by atoms with Gasteiger partial charge in [0.1, 0.15) is 0 Å². The predicted octanol–water partition coefficient (Wildman–Crippen LogP) is 5.10. The summed E-state index contributed by atoms with van der Waals surface area (Å²) >= 11 is 35.1. The molecule has 3 atom stereocenters. The molecule has 0 aromatic carbocycles. The first-order valence-electron chi connectivity index (χ1n) is 7.89. The lowest BCUT2D eigenvalue weighted by Gasteiger charge is -2.31. The number of ether oxygens (including phenoxy) is 1. The Bertz CT molecular complexity index is 615. The molecule has 11 heteroatoms. The summed E-state index contributed by atoms with van der Waals surface area (Å²) < 4.78 is 1.81. The van der Waals surface area contributed by atoms with E-state index in [2.05, 4.69) is 15.0 Å². The van der Waals surface area contributed by atoms with E-state index in [0.717, 1.165) is 6.42 Å². The van der Waals surface area contributed by atoms with Crippen molar-refractivity contribution in [1.82, 2.24) is 15.0 Å². The third kappa shape index (κ3) is 6.49. The Hall–Kier alpha value is 0.410. The zero-order valence-corrected chi connectivity index (χ0v) is 18.2. The zero-order valence-electron chi connectivity index (χ0n) is 13.7. The van der Waals surface area contributed by atoms with Crippen LogP contribution in [0.15, 0.2) is 6.08 Å². The Kier molecular flexibility index (Phi) is 8.09. The lowest BCUT2D eigenvalue weighted by Crippen LogP contribution is -2.35. The van der Waals surface area contributed by atoms with Crippen LogP contribution in [0, 0.1) is 5.92 Å². The highest BCUT2D eigenvalue weighted by molar-refractivity contribution is 6.67. The second kappa shape index (κ2) is 9.27. The van der Waals surface area contributed by atoms with E-state index < -0.39 is 13.7 Å². The van der Waals surface area contributed by atoms with Crippen molar-refractivity contribution in [2.75, 3.05) is 6.61 Å². The quantitative estimate of drug-likeness (QED) is 0.603. The van der Waals surface area contributed by atoms with Gasteiger partial charge in [-0.1, -0.05) is 75.7 Å². The van der Waals surface area contributed by atoms with Crippen molar-refractivity contribution < 1.29 is 9.84 Å². The van der Waals surface area contributed by atoms with Crippen LogP contribution in [-0.2, 0) is 12.3 Å². The number of halogens is 6. The van der Waals surface area contributed by atoms with E-state index in [4.69, 9.17) is 74.3 Å². The molecule has 0 saturated heterocycles. The van der Waals surface area contributed by atoms with E-state index in [1.165, 1.54) is 0 Å². The van der Waals surface area contributed by atoms with Gasteiger partial charge in [0.2, 0.25) is 7.59 Å². The summed E-state index contributed by atoms with van der Waals surface area (Å²) in [5.74, 6) is 0.121. The smallest absolute Gasteiger partial charge is 0.250 e. The topological polar surface area (TPSA) is 68.1 Å². The minimum atomic E-state index is -1.88. The lowest BCUT2D eigenvalue weighted by atomic mass is 9.85. The van der Waals surface area contributed by atoms with Crippen LogP contribution in [0.5, 0.6) is 0 Å². The van der Waals surface area contributed by atoms with Crippen LogP contribution in [0.4, 0.5) is 0 Å². The molecule has 0 aliphatic heterocycles. The molecule has 1 aromatic heterocycles. The van der Waals surface area contributed by atoms with E-state index in [-0.39, 0.29) is 29.5 Å². The number of hydrogen-bond acceptors (Lipinski definition) is 5. The minimum Gasteiger partial charge on any atom is -0.390 e. The van der Waals surface area contributed by atoms with Crippen LogP contribution >= 0.6 is 69.6 Å². The Morgan fingerprint density at radius 2 is 1.62 bits per heavy atom. The summed E-state index contributed by atoms with van der Waals surface area (Å²) in [6, 6.07) is 0. The Balaban J connectivity index is 2.24. The summed E-state index contributed by atoms with van der Waals surface area (Å²) in [4.78, 5) is 12.1. The van der Waals surface area contributed by atoms with Crippen molar-refractivity contribution in [2.24, 2.45) is 5.92 Å². The second-order valence-corrected chi connectivity index (χ2v) is 10.4. The molecule has 0 bridgehead atoms. The average molecular weight is 484 g/mol. The number of allylic oxidation sites excluding steroid dienone is 1. The van der Waals surface area contributed by atoms with Crippen LogP contribution < -0.4 is 0 Å². The van der Waals surface area contributed by atoms with Gasteiger partial charge in [-0.2, -0.15) is 0 Å². The molecular weight excluding hydrogens is 467 g/mol. The molecule has 0 amide bonds. The standard InChI is InChI=1S/C15H17Cl6N3O2/c1-2-26-10-7-8(3-5-9(10)25)4-6-11-22-12(14(16,17)18)24-13(23-11)15(19,20)21/h4,6,8-10,25H,2-3,5,7H2,1H3/b6-4+. The summed E-state index contributed by atoms with van der Waals surface area (Å²) in [7, 11) is 0. The van der Waals surface area contributed by atoms with E-state index in [1.807, 2.05) is 13.0 Å². The lowest BCUT2D eigenvalue weighted by molar-refractivity contribution is -0.0622. The number of hydrogen-bond donors (Lipinski definition) is 1. The molecule has 1 fully saturated rings. The monoisotopic (exact) mass is 481 g/mol. The minimum absolute atomic E-state index is 0.135. The van der Waals surface area contributed by atoms with Gasteiger partial charge in [0.25, 0.3) is 0 Å². The first kappa shape index (κ1) is 22.7. The van der Waals surface area contributed by atoms with Gasteiger partial charge >= 0.3 is 0 Å². The number of alkyl halides is 6. The van der Waals surface area contributed by atoms with Gasteiger partial charge in [-0.05, 0) is 38.2 Å². The van der Waals surface area contributed by atoms with Crippen molar-refractivity contribution in [1.29, 1.82) is 0 Å². The van der Waals surface area contributed by atoms with Crippen molar-refractivity contribution in [3.05, 3.63) is 23.5 Å². The first-order valence-corrected chi connectivity index (χ1v) is 10.2. The predicted molar refractivity (Wildman–Crippen MR) is 106 cm³/mol. The van der Waals surface area contributed by atoms with Gasteiger partial charge in [-0.15, -0.1) is 0 Å². The van der Waals surface area contributed by atoms with Crippen molar-refractivity contribution in [3.8, 4) is 0 Å². The number of aliphatic hydroxyl groups excluding tert-OH is 1. The van der Waals surface area contributed by atoms with E-state index >= 15 is 0 Å². The molecule has 5 nitrogen and oxygen atoms in total. The summed E-state index contributed by atoms with van der Waals surface area (Å²) in [6.07, 6.45) is 5.06. The maximum atomic E-state index is 9.98. The zero-order chi connectivity index (χ0) is 19.5. The van der Waals surface area contributed by atoms with Crippen molar-refractivity contribution >= 4 is 75.7 Å². The molecule has 1 aliphatic carbocycles. The number of aromatic nitrogens is 3. The molecule has 1 aliphatic rings. The van der Waals surface area contributed by atoms with E-state index in [9.17, 15) is 5.11 Å². The highest BCUT2D eigenvalue weighted by Gasteiger charge is 2.33. The fourth-order valence-corrected chi connectivity index (χ4v) is 3.16. The van der Waals surface area contributed by atoms with Gasteiger partial charge in [-0.25, -0.2) is 15.0 Å². The third-order valence-corrected chi connectivity index (χ3v) is 4.87. The third-order valence-electron chi connectivity index (χ3n) is 3.86. The fourth-order valence-electron chi connectivity index (χ4n) is 2.65. The fraction of sp³-hybridized carbons (Fsp3) is 0.667. The van der Waals surface area contributed by atoms with Gasteiger partial charge in [0.05, 0.1) is 12.2 Å². The molecule has 146 valence electrons. The van der Waals surface area contributed by atoms with E-state index in [0.29, 0.717) is 19.4 Å². The molecule has 1 heterocycles. The van der Waals surface area contributed by atoms with Crippen LogP contribution in [-0.4, -0.2) is 38.9 Å². The maximum absolute atomic E-state index is 9.98. The first-order chi connectivity index (χ1) is 12.0. The average Bonchev–Trinajstić information content (AvgIpc) is 2.54. The van der Waals surface area contributed by atoms with E-state index in [1.54, 1.807) is 6.08 Å². The summed E-state index contributed by atoms with van der Waals surface area (Å²) in [5.41, 5.74) is 0. The molecule has 0 radical (unpaired) electrons. The normalized spacial score (nSPS) is 25.0. The molecule has 0 spiro atoms. The molecular formula is C15H17Cl6N3O2. The SMILES string of the molecule is CCOC1CC(/C=C/c2nc(C(Cl)(Cl)Cl)nc(C(Cl)(Cl)Cl)n2)CCC1O. The highest BCUT2D eigenvalue weighted by Crippen LogP contribution is 2.40. The number of rotatable bonds is 4. The van der Waals surface area contributed by atoms with Gasteiger partial charge < -0.3 is 9.84 Å². The maximum Gasteiger partial charge on any atom is 0.250 e. The number of nitrogens with zero attached hydrogens (tertiary/aromatic N) is 3. The molecule has 2 rings (SSSR count). The van der Waals surface area contributed by atoms with Crippen molar-refractivity contribution in [2.45, 2.75) is 46.0 Å². The second-order valence-electron chi connectivity index (χ2n) is 5.83. The molecule has 1 N–H and O–H groups in total. The Morgan fingerprint density at radius 3 is 2.12 bits per heavy atom. The Morgan fingerprint density at radius 1 is 1.04 bits per heavy atom. The number of aliphatic hydroxyl groups is 1. The molecule has 3 unspecified atom stereocenters. The van der Waals surface area contributed by atoms with Crippen LogP contribution in [0.1, 0.15) is 43.7 Å². The van der Waals surface area contributed by atoms with Gasteiger partial charge in [0, 0.05) is 6.61 Å². The van der Waals surface area contributed by atoms with Crippen LogP contribution in [0.2, 0.25) is 0 Å². The van der Waals surface area contributed by atoms with Crippen LogP contribution in [0.3, 0.4) is 0 Å². The Labute approximate surface area is 182 Å². The summed E-state index contributed by atoms with van der Waals surface area (Å²) in [6.45, 7) is 2.44. The molecule has 26 heavy (non-hydrogen) atoms. The highest BCUT2D eigenvalue weighted by atomic mass is 35.6. The molecule has 1 aromatic rings. The van der Waals surface area contributed by atoms with Crippen LogP contribution in [0.25, 0.3) is 6.08 Å². The van der Waals surface area contributed by atoms with Gasteiger partial charge in [-0.3, -0.25) is 0 Å². The molecule has 1 saturated carbocycles. The van der Waals surface area contributed by atoms with Gasteiger partial charge in [0.15, 0.2) is 17.5 Å². The largest absolute Gasteiger partial charge is 0.390 e. The van der Waals surface area contributed by atoms with Crippen molar-refractivity contribution in [3.63, 3.8) is 0 Å².